The number of ether oxygens (including phenoxy) is 3. The summed E-state index contributed by atoms with van der Waals surface area (Å²) in [5, 5.41) is 0. The van der Waals surface area contributed by atoms with E-state index in [9.17, 15) is 0 Å². The fourth-order valence-electron chi connectivity index (χ4n) is 2.41. The van der Waals surface area contributed by atoms with Gasteiger partial charge in [-0.3, -0.25) is 4.90 Å². The van der Waals surface area contributed by atoms with Crippen molar-refractivity contribution in [2.45, 2.75) is 25.6 Å². The van der Waals surface area contributed by atoms with Gasteiger partial charge in [-0.25, -0.2) is 0 Å². The number of nitrogens with two attached hydrogens (primary N) is 1. The summed E-state index contributed by atoms with van der Waals surface area (Å²) in [4.78, 5) is 2.35. The van der Waals surface area contributed by atoms with Crippen LogP contribution in [0.3, 0.4) is 0 Å². The number of morpholine rings is 1. The van der Waals surface area contributed by atoms with Crippen LogP contribution in [0.15, 0.2) is 18.2 Å². The van der Waals surface area contributed by atoms with E-state index in [1.807, 2.05) is 25.1 Å². The van der Waals surface area contributed by atoms with Crippen molar-refractivity contribution in [2.75, 3.05) is 33.9 Å². The molecule has 5 nitrogen and oxygen atoms in total. The van der Waals surface area contributed by atoms with Crippen LogP contribution in [0, 0.1) is 0 Å². The van der Waals surface area contributed by atoms with Crippen LogP contribution in [0.5, 0.6) is 11.5 Å². The van der Waals surface area contributed by atoms with E-state index in [0.29, 0.717) is 0 Å². The van der Waals surface area contributed by atoms with Crippen molar-refractivity contribution < 1.29 is 14.2 Å². The van der Waals surface area contributed by atoms with Crippen LogP contribution in [-0.2, 0) is 11.3 Å². The fraction of sp³-hybridized carbons (Fsp3) is 0.600. The SMILES string of the molecule is COc1cc(CN2CCOC(C(C)N)C2)cc(OC)c1. The smallest absolute Gasteiger partial charge is 0.122 e. The predicted molar refractivity (Wildman–Crippen MR) is 78.2 cm³/mol. The molecule has 2 N–H and O–H groups in total. The first kappa shape index (κ1) is 15.1. The van der Waals surface area contributed by atoms with Crippen molar-refractivity contribution in [3.63, 3.8) is 0 Å². The standard InChI is InChI=1S/C15H24N2O3/c1-11(16)15-10-17(4-5-20-15)9-12-6-13(18-2)8-14(7-12)19-3/h6-8,11,15H,4-5,9-10,16H2,1-3H3. The van der Waals surface area contributed by atoms with E-state index in [1.165, 1.54) is 5.56 Å². The molecule has 0 saturated carbocycles. The second-order valence-corrected chi connectivity index (χ2v) is 5.22. The molecule has 2 atom stereocenters. The molecule has 1 saturated heterocycles. The second kappa shape index (κ2) is 6.92. The number of rotatable bonds is 5. The van der Waals surface area contributed by atoms with E-state index in [2.05, 4.69) is 4.90 Å². The Morgan fingerprint density at radius 3 is 2.50 bits per heavy atom. The summed E-state index contributed by atoms with van der Waals surface area (Å²) in [5.74, 6) is 1.63. The van der Waals surface area contributed by atoms with Crippen LogP contribution in [0.1, 0.15) is 12.5 Å². The molecule has 1 aliphatic rings. The summed E-state index contributed by atoms with van der Waals surface area (Å²) in [7, 11) is 3.33. The zero-order valence-corrected chi connectivity index (χ0v) is 12.5. The molecule has 5 heteroatoms. The van der Waals surface area contributed by atoms with Crippen LogP contribution in [0.4, 0.5) is 0 Å². The third-order valence-corrected chi connectivity index (χ3v) is 3.58. The molecule has 1 fully saturated rings. The van der Waals surface area contributed by atoms with Crippen molar-refractivity contribution in [3.05, 3.63) is 23.8 Å². The van der Waals surface area contributed by atoms with Gasteiger partial charge in [0, 0.05) is 31.7 Å². The molecule has 1 aliphatic heterocycles. The third-order valence-electron chi connectivity index (χ3n) is 3.58. The number of nitrogens with zero attached hydrogens (tertiary/aromatic N) is 1. The van der Waals surface area contributed by atoms with E-state index >= 15 is 0 Å². The summed E-state index contributed by atoms with van der Waals surface area (Å²) >= 11 is 0. The first-order valence-corrected chi connectivity index (χ1v) is 6.94. The molecule has 0 amide bonds. The lowest BCUT2D eigenvalue weighted by Crippen LogP contribution is -2.49. The first-order chi connectivity index (χ1) is 9.62. The summed E-state index contributed by atoms with van der Waals surface area (Å²) in [6.07, 6.45) is 0.108. The summed E-state index contributed by atoms with van der Waals surface area (Å²) < 4.78 is 16.3. The van der Waals surface area contributed by atoms with Gasteiger partial charge in [-0.15, -0.1) is 0 Å². The minimum absolute atomic E-state index is 0.0534. The highest BCUT2D eigenvalue weighted by atomic mass is 16.5. The van der Waals surface area contributed by atoms with Gasteiger partial charge in [0.25, 0.3) is 0 Å². The maximum absolute atomic E-state index is 5.92. The average Bonchev–Trinajstić information content (AvgIpc) is 2.47. The third kappa shape index (κ3) is 3.85. The van der Waals surface area contributed by atoms with Crippen molar-refractivity contribution in [2.24, 2.45) is 5.73 Å². The van der Waals surface area contributed by atoms with Gasteiger partial charge >= 0.3 is 0 Å². The molecule has 1 heterocycles. The highest BCUT2D eigenvalue weighted by molar-refractivity contribution is 5.38. The highest BCUT2D eigenvalue weighted by Gasteiger charge is 2.23. The highest BCUT2D eigenvalue weighted by Crippen LogP contribution is 2.24. The molecule has 0 bridgehead atoms. The van der Waals surface area contributed by atoms with Gasteiger partial charge in [0.15, 0.2) is 0 Å². The molecule has 112 valence electrons. The molecule has 20 heavy (non-hydrogen) atoms. The monoisotopic (exact) mass is 280 g/mol. The van der Waals surface area contributed by atoms with E-state index in [1.54, 1.807) is 14.2 Å². The average molecular weight is 280 g/mol. The predicted octanol–water partition coefficient (Wildman–Crippen LogP) is 1.25. The van der Waals surface area contributed by atoms with Crippen LogP contribution in [-0.4, -0.2) is 51.0 Å². The van der Waals surface area contributed by atoms with Gasteiger partial charge in [-0.2, -0.15) is 0 Å². The Hall–Kier alpha value is -1.30. The van der Waals surface area contributed by atoms with E-state index in [4.69, 9.17) is 19.9 Å². The lowest BCUT2D eigenvalue weighted by Gasteiger charge is -2.34. The zero-order chi connectivity index (χ0) is 14.5. The maximum Gasteiger partial charge on any atom is 0.122 e. The summed E-state index contributed by atoms with van der Waals surface area (Å²) in [6.45, 7) is 5.34. The Bertz CT molecular complexity index is 415. The minimum atomic E-state index is 0.0534. The van der Waals surface area contributed by atoms with Crippen LogP contribution >= 0.6 is 0 Å². The minimum Gasteiger partial charge on any atom is -0.497 e. The van der Waals surface area contributed by atoms with Gasteiger partial charge in [-0.05, 0) is 24.6 Å². The first-order valence-electron chi connectivity index (χ1n) is 6.94. The van der Waals surface area contributed by atoms with Gasteiger partial charge in [-0.1, -0.05) is 0 Å². The summed E-state index contributed by atoms with van der Waals surface area (Å²) in [6, 6.07) is 6.02. The quantitative estimate of drug-likeness (QED) is 0.880. The molecule has 1 aromatic rings. The van der Waals surface area contributed by atoms with E-state index in [0.717, 1.165) is 37.7 Å². The molecule has 2 rings (SSSR count). The summed E-state index contributed by atoms with van der Waals surface area (Å²) in [5.41, 5.74) is 7.10. The molecule has 2 unspecified atom stereocenters. The molecule has 1 aromatic carbocycles. The molecule has 0 spiro atoms. The zero-order valence-electron chi connectivity index (χ0n) is 12.5. The molecule has 0 aliphatic carbocycles. The molecule has 0 aromatic heterocycles. The van der Waals surface area contributed by atoms with Crippen molar-refractivity contribution >= 4 is 0 Å². The lowest BCUT2D eigenvalue weighted by atomic mass is 10.1. The van der Waals surface area contributed by atoms with Crippen LogP contribution < -0.4 is 15.2 Å². The van der Waals surface area contributed by atoms with Crippen molar-refractivity contribution in [3.8, 4) is 11.5 Å². The largest absolute Gasteiger partial charge is 0.497 e. The van der Waals surface area contributed by atoms with Crippen LogP contribution in [0.25, 0.3) is 0 Å². The Labute approximate surface area is 120 Å². The number of benzene rings is 1. The topological polar surface area (TPSA) is 57.0 Å². The number of methoxy groups -OCH3 is 2. The Kier molecular flexibility index (Phi) is 5.23. The van der Waals surface area contributed by atoms with Gasteiger partial charge < -0.3 is 19.9 Å². The second-order valence-electron chi connectivity index (χ2n) is 5.22. The fourth-order valence-corrected chi connectivity index (χ4v) is 2.41. The van der Waals surface area contributed by atoms with Crippen molar-refractivity contribution in [1.29, 1.82) is 0 Å². The van der Waals surface area contributed by atoms with Crippen molar-refractivity contribution in [1.82, 2.24) is 4.90 Å². The van der Waals surface area contributed by atoms with Gasteiger partial charge in [0.05, 0.1) is 26.9 Å². The molecule has 0 radical (unpaired) electrons. The van der Waals surface area contributed by atoms with Crippen LogP contribution in [0.2, 0.25) is 0 Å². The Balaban J connectivity index is 2.05. The Morgan fingerprint density at radius 1 is 1.30 bits per heavy atom. The molecular weight excluding hydrogens is 256 g/mol. The van der Waals surface area contributed by atoms with E-state index < -0.39 is 0 Å². The normalized spacial score (nSPS) is 21.5. The van der Waals surface area contributed by atoms with Gasteiger partial charge in [0.1, 0.15) is 11.5 Å². The van der Waals surface area contributed by atoms with Gasteiger partial charge in [0.2, 0.25) is 0 Å². The molecular formula is C15H24N2O3. The lowest BCUT2D eigenvalue weighted by molar-refractivity contribution is -0.0403. The van der Waals surface area contributed by atoms with E-state index in [-0.39, 0.29) is 12.1 Å². The number of hydrogen-bond acceptors (Lipinski definition) is 5. The maximum atomic E-state index is 5.92. The Morgan fingerprint density at radius 2 is 1.95 bits per heavy atom. The number of hydrogen-bond donors (Lipinski definition) is 1.